The van der Waals surface area contributed by atoms with Gasteiger partial charge in [-0.15, -0.1) is 0 Å². The molecule has 0 spiro atoms. The van der Waals surface area contributed by atoms with Crippen LogP contribution in [-0.4, -0.2) is 77.3 Å². The highest BCUT2D eigenvalue weighted by Crippen LogP contribution is 2.15. The van der Waals surface area contributed by atoms with Crippen molar-refractivity contribution in [1.82, 2.24) is 0 Å². The first-order valence-corrected chi connectivity index (χ1v) is 28.6. The Bertz CT molecular complexity index is 570. The Balaban J connectivity index is 0.000000607. The fourth-order valence-corrected chi connectivity index (χ4v) is 21.4. The highest BCUT2D eigenvalue weighted by molar-refractivity contribution is 6.85. The minimum absolute atomic E-state index is 1.07. The summed E-state index contributed by atoms with van der Waals surface area (Å²) >= 11 is 0. The normalized spacial score (nSPS) is 12.8. The molecule has 0 saturated carbocycles. The van der Waals surface area contributed by atoms with Gasteiger partial charge >= 0.3 is 17.9 Å². The van der Waals surface area contributed by atoms with Crippen LogP contribution in [0.4, 0.5) is 0 Å². The van der Waals surface area contributed by atoms with Gasteiger partial charge < -0.3 is 29.4 Å². The third-order valence-corrected chi connectivity index (χ3v) is 21.0. The van der Waals surface area contributed by atoms with Crippen LogP contribution in [0.3, 0.4) is 0 Å². The highest BCUT2D eigenvalue weighted by atomic mass is 28.5. The van der Waals surface area contributed by atoms with Crippen molar-refractivity contribution in [3.63, 3.8) is 0 Å². The summed E-state index contributed by atoms with van der Waals surface area (Å²) < 4.78 is 41.1. The summed E-state index contributed by atoms with van der Waals surface area (Å²) in [6.07, 6.45) is 0. The predicted octanol–water partition coefficient (Wildman–Crippen LogP) is 2.55. The van der Waals surface area contributed by atoms with E-state index >= 15 is 0 Å². The van der Waals surface area contributed by atoms with Crippen molar-refractivity contribution >= 4 is 68.2 Å². The van der Waals surface area contributed by atoms with Crippen molar-refractivity contribution in [2.75, 3.05) is 14.2 Å². The molecule has 1 aromatic carbocycles. The van der Waals surface area contributed by atoms with E-state index in [0.29, 0.717) is 0 Å². The van der Waals surface area contributed by atoms with Crippen molar-refractivity contribution in [2.45, 2.75) is 65.5 Å². The molecular weight excluding hydrogens is 525 g/mol. The van der Waals surface area contributed by atoms with Gasteiger partial charge in [0.1, 0.15) is 0 Å². The standard InChI is InChI=1S/C11H22O3Si3.C7H24O4Si4/c1-12-17(13-15(2)3,14-16(4)5)11-9-7-6-8-10-11;1-8-15(9-12(2)3,10-13(4)5)11-14(6)7/h6-10,15-16H,1-5H3;12-14H,1-7H3. The Morgan fingerprint density at radius 2 is 0.844 bits per heavy atom. The van der Waals surface area contributed by atoms with Crippen LogP contribution in [-0.2, 0) is 29.4 Å². The summed E-state index contributed by atoms with van der Waals surface area (Å²) in [7, 11) is -8.10. The third kappa shape index (κ3) is 12.8. The number of hydrogen-bond acceptors (Lipinski definition) is 7. The van der Waals surface area contributed by atoms with Crippen LogP contribution in [0.5, 0.6) is 0 Å². The molecule has 0 aliphatic carbocycles. The van der Waals surface area contributed by atoms with E-state index in [1.54, 1.807) is 14.2 Å². The summed E-state index contributed by atoms with van der Waals surface area (Å²) in [5, 5.41) is 1.07. The maximum atomic E-state index is 6.15. The largest absolute Gasteiger partial charge is 0.646 e. The van der Waals surface area contributed by atoms with E-state index in [0.717, 1.165) is 5.19 Å². The van der Waals surface area contributed by atoms with E-state index in [-0.39, 0.29) is 0 Å². The van der Waals surface area contributed by atoms with E-state index in [9.17, 15) is 0 Å². The molecule has 32 heavy (non-hydrogen) atoms. The molecule has 0 aliphatic rings. The van der Waals surface area contributed by atoms with Crippen LogP contribution in [0.2, 0.25) is 65.5 Å². The smallest absolute Gasteiger partial charge is 0.416 e. The lowest BCUT2D eigenvalue weighted by Crippen LogP contribution is -2.59. The molecule has 7 nitrogen and oxygen atoms in total. The Morgan fingerprint density at radius 1 is 0.500 bits per heavy atom. The van der Waals surface area contributed by atoms with E-state index < -0.39 is 63.1 Å². The van der Waals surface area contributed by atoms with Crippen molar-refractivity contribution in [2.24, 2.45) is 0 Å². The molecule has 0 saturated heterocycles. The van der Waals surface area contributed by atoms with Gasteiger partial charge in [0.25, 0.3) is 0 Å². The minimum atomic E-state index is -2.77. The van der Waals surface area contributed by atoms with Gasteiger partial charge in [0.05, 0.1) is 0 Å². The van der Waals surface area contributed by atoms with Crippen molar-refractivity contribution in [1.29, 1.82) is 0 Å². The lowest BCUT2D eigenvalue weighted by molar-refractivity contribution is 0.119. The van der Waals surface area contributed by atoms with Gasteiger partial charge in [0.15, 0.2) is 45.2 Å². The number of rotatable bonds is 13. The second-order valence-corrected chi connectivity index (χ2v) is 27.4. The maximum Gasteiger partial charge on any atom is 0.646 e. The summed E-state index contributed by atoms with van der Waals surface area (Å²) in [5.74, 6) is 0. The molecule has 0 amide bonds. The Kier molecular flexibility index (Phi) is 16.4. The number of benzene rings is 1. The Morgan fingerprint density at radius 3 is 1.09 bits per heavy atom. The third-order valence-electron chi connectivity index (χ3n) is 3.57. The molecule has 0 aromatic heterocycles. The summed E-state index contributed by atoms with van der Waals surface area (Å²) in [5.41, 5.74) is 0. The molecule has 0 unspecified atom stereocenters. The molecular formula is C18H46O7Si7. The van der Waals surface area contributed by atoms with Crippen LogP contribution in [0.15, 0.2) is 30.3 Å². The molecule has 0 bridgehead atoms. The molecule has 188 valence electrons. The Labute approximate surface area is 207 Å². The van der Waals surface area contributed by atoms with Crippen LogP contribution in [0.1, 0.15) is 0 Å². The minimum Gasteiger partial charge on any atom is -0.416 e. The molecule has 14 heteroatoms. The van der Waals surface area contributed by atoms with Gasteiger partial charge in [-0.2, -0.15) is 0 Å². The van der Waals surface area contributed by atoms with Crippen molar-refractivity contribution < 1.29 is 29.4 Å². The molecule has 0 atom stereocenters. The van der Waals surface area contributed by atoms with Gasteiger partial charge in [-0.3, -0.25) is 0 Å². The van der Waals surface area contributed by atoms with Gasteiger partial charge in [-0.05, 0) is 65.5 Å². The summed E-state index contributed by atoms with van der Waals surface area (Å²) in [6, 6.07) is 10.1. The van der Waals surface area contributed by atoms with E-state index in [2.05, 4.69) is 65.5 Å². The van der Waals surface area contributed by atoms with E-state index in [1.807, 2.05) is 30.3 Å². The molecule has 0 N–H and O–H groups in total. The zero-order valence-corrected chi connectivity index (χ0v) is 29.9. The fraction of sp³-hybridized carbons (Fsp3) is 0.667. The Hall–Kier alpha value is 0.458. The fourth-order valence-electron chi connectivity index (χ4n) is 2.73. The molecule has 1 rings (SSSR count). The van der Waals surface area contributed by atoms with Gasteiger partial charge in [0, 0.05) is 19.4 Å². The first kappa shape index (κ1) is 32.5. The van der Waals surface area contributed by atoms with Crippen LogP contribution >= 0.6 is 0 Å². The lowest BCUT2D eigenvalue weighted by Gasteiger charge is -2.32. The maximum absolute atomic E-state index is 6.15. The first-order valence-electron chi connectivity index (χ1n) is 11.4. The molecule has 1 aromatic rings. The molecule has 0 fully saturated rings. The van der Waals surface area contributed by atoms with E-state index in [4.69, 9.17) is 29.4 Å². The average Bonchev–Trinajstić information content (AvgIpc) is 2.66. The SMILES string of the molecule is CO[Si](O[SiH](C)C)(O[SiH](C)C)O[SiH](C)C.CO[Si](O[SiH](C)C)(O[SiH](C)C)c1ccccc1. The summed E-state index contributed by atoms with van der Waals surface area (Å²) in [6.45, 7) is 21.2. The van der Waals surface area contributed by atoms with Crippen LogP contribution in [0.25, 0.3) is 0 Å². The highest BCUT2D eigenvalue weighted by Gasteiger charge is 2.46. The topological polar surface area (TPSA) is 64.6 Å². The van der Waals surface area contributed by atoms with Crippen LogP contribution < -0.4 is 5.19 Å². The van der Waals surface area contributed by atoms with Gasteiger partial charge in [-0.1, -0.05) is 30.3 Å². The quantitative estimate of drug-likeness (QED) is 0.338. The summed E-state index contributed by atoms with van der Waals surface area (Å²) in [4.78, 5) is 0. The predicted molar refractivity (Wildman–Crippen MR) is 151 cm³/mol. The molecule has 0 heterocycles. The second-order valence-electron chi connectivity index (χ2n) is 8.66. The average molecular weight is 571 g/mol. The van der Waals surface area contributed by atoms with Crippen molar-refractivity contribution in [3.8, 4) is 0 Å². The molecule has 0 aliphatic heterocycles. The second kappa shape index (κ2) is 16.2. The van der Waals surface area contributed by atoms with Gasteiger partial charge in [0.2, 0.25) is 0 Å². The zero-order chi connectivity index (χ0) is 24.9. The first-order chi connectivity index (χ1) is 14.8. The van der Waals surface area contributed by atoms with Crippen molar-refractivity contribution in [3.05, 3.63) is 30.3 Å². The molecule has 0 radical (unpaired) electrons. The zero-order valence-electron chi connectivity index (χ0n) is 22.1. The van der Waals surface area contributed by atoms with Gasteiger partial charge in [-0.25, -0.2) is 0 Å². The monoisotopic (exact) mass is 570 g/mol. The lowest BCUT2D eigenvalue weighted by atomic mass is 10.4. The van der Waals surface area contributed by atoms with E-state index in [1.165, 1.54) is 0 Å². The number of hydrogen-bond donors (Lipinski definition) is 0. The van der Waals surface area contributed by atoms with Crippen LogP contribution in [0, 0.1) is 0 Å².